The molecule has 50 heavy (non-hydrogen) atoms. The summed E-state index contributed by atoms with van der Waals surface area (Å²) in [4.78, 5) is 24.2. The van der Waals surface area contributed by atoms with Gasteiger partial charge < -0.3 is 14.6 Å². The third-order valence-corrected chi connectivity index (χ3v) is 8.19. The van der Waals surface area contributed by atoms with E-state index in [1.54, 1.807) is 0 Å². The van der Waals surface area contributed by atoms with Crippen molar-refractivity contribution in [2.45, 2.75) is 174 Å². The van der Waals surface area contributed by atoms with Crippen molar-refractivity contribution >= 4 is 11.9 Å². The first-order valence-electron chi connectivity index (χ1n) is 20.1. The predicted octanol–water partition coefficient (Wildman–Crippen LogP) is 12.7. The summed E-state index contributed by atoms with van der Waals surface area (Å²) < 4.78 is 10.5. The fraction of sp³-hybridized carbons (Fsp3) is 0.644. The van der Waals surface area contributed by atoms with Crippen molar-refractivity contribution in [1.82, 2.24) is 0 Å². The van der Waals surface area contributed by atoms with E-state index in [-0.39, 0.29) is 25.6 Å². The highest BCUT2D eigenvalue weighted by molar-refractivity contribution is 5.70. The molecule has 5 nitrogen and oxygen atoms in total. The topological polar surface area (TPSA) is 72.8 Å². The Kier molecular flexibility index (Phi) is 38.1. The van der Waals surface area contributed by atoms with Crippen LogP contribution in [-0.4, -0.2) is 36.4 Å². The number of hydrogen-bond donors (Lipinski definition) is 1. The van der Waals surface area contributed by atoms with E-state index >= 15 is 0 Å². The summed E-state index contributed by atoms with van der Waals surface area (Å²) in [6.45, 7) is 3.94. The molecule has 0 aliphatic rings. The Bertz CT molecular complexity index is 968. The van der Waals surface area contributed by atoms with Crippen molar-refractivity contribution in [1.29, 1.82) is 0 Å². The predicted molar refractivity (Wildman–Crippen MR) is 214 cm³/mol. The van der Waals surface area contributed by atoms with Gasteiger partial charge in [-0.1, -0.05) is 163 Å². The SMILES string of the molecule is CC/C=C\C/C=C\C/C=C\C/C=C\C/C=C\C/C=C\CCC(=O)O[C@@H](CO)COC(=O)CCCCCCCCC/C=C\CCCCCCCC. The van der Waals surface area contributed by atoms with E-state index in [0.29, 0.717) is 12.8 Å². The largest absolute Gasteiger partial charge is 0.462 e. The average molecular weight is 695 g/mol. The first-order chi connectivity index (χ1) is 24.6. The van der Waals surface area contributed by atoms with E-state index in [2.05, 4.69) is 86.8 Å². The van der Waals surface area contributed by atoms with E-state index in [1.165, 1.54) is 77.0 Å². The molecule has 0 amide bonds. The summed E-state index contributed by atoms with van der Waals surface area (Å²) in [6, 6.07) is 0. The Labute approximate surface area is 307 Å². The molecule has 0 radical (unpaired) electrons. The van der Waals surface area contributed by atoms with Crippen LogP contribution in [0.4, 0.5) is 0 Å². The van der Waals surface area contributed by atoms with Gasteiger partial charge in [0, 0.05) is 12.8 Å². The number of rotatable bonds is 35. The van der Waals surface area contributed by atoms with Crippen molar-refractivity contribution in [3.63, 3.8) is 0 Å². The highest BCUT2D eigenvalue weighted by atomic mass is 16.6. The molecule has 1 atom stereocenters. The van der Waals surface area contributed by atoms with E-state index < -0.39 is 12.1 Å². The number of allylic oxidation sites excluding steroid dienone is 14. The van der Waals surface area contributed by atoms with Gasteiger partial charge in [-0.2, -0.15) is 0 Å². The Morgan fingerprint density at radius 1 is 0.480 bits per heavy atom. The molecule has 284 valence electrons. The van der Waals surface area contributed by atoms with Crippen LogP contribution in [-0.2, 0) is 19.1 Å². The Hall–Kier alpha value is -2.92. The molecule has 0 rings (SSSR count). The molecule has 0 heterocycles. The molecule has 0 fully saturated rings. The number of carbonyl (C=O) groups excluding carboxylic acids is 2. The number of aliphatic hydroxyl groups is 1. The van der Waals surface area contributed by atoms with Gasteiger partial charge in [0.1, 0.15) is 6.61 Å². The van der Waals surface area contributed by atoms with Gasteiger partial charge in [-0.3, -0.25) is 9.59 Å². The summed E-state index contributed by atoms with van der Waals surface area (Å²) in [6.07, 6.45) is 55.1. The Morgan fingerprint density at radius 3 is 1.38 bits per heavy atom. The molecule has 1 N–H and O–H groups in total. The second-order valence-corrected chi connectivity index (χ2v) is 13.0. The molecule has 5 heteroatoms. The summed E-state index contributed by atoms with van der Waals surface area (Å²) in [5.41, 5.74) is 0. The maximum Gasteiger partial charge on any atom is 0.306 e. The van der Waals surface area contributed by atoms with Gasteiger partial charge >= 0.3 is 11.9 Å². The lowest BCUT2D eigenvalue weighted by atomic mass is 10.1. The van der Waals surface area contributed by atoms with Crippen LogP contribution < -0.4 is 0 Å². The van der Waals surface area contributed by atoms with Gasteiger partial charge in [0.15, 0.2) is 6.10 Å². The second kappa shape index (κ2) is 40.5. The fourth-order valence-corrected chi connectivity index (χ4v) is 5.16. The molecule has 0 aromatic rings. The molecule has 0 aliphatic heterocycles. The molecule has 0 aromatic carbocycles. The lowest BCUT2D eigenvalue weighted by molar-refractivity contribution is -0.161. The van der Waals surface area contributed by atoms with Crippen LogP contribution in [0.5, 0.6) is 0 Å². The van der Waals surface area contributed by atoms with E-state index in [1.807, 2.05) is 12.2 Å². The molecular formula is C45H74O5. The molecular weight excluding hydrogens is 620 g/mol. The molecule has 0 spiro atoms. The summed E-state index contributed by atoms with van der Waals surface area (Å²) in [5.74, 6) is -0.700. The van der Waals surface area contributed by atoms with Crippen molar-refractivity contribution in [3.8, 4) is 0 Å². The number of ether oxygens (including phenoxy) is 2. The molecule has 0 bridgehead atoms. The van der Waals surface area contributed by atoms with Crippen LogP contribution in [0.25, 0.3) is 0 Å². The number of esters is 2. The van der Waals surface area contributed by atoms with Gasteiger partial charge in [0.25, 0.3) is 0 Å². The van der Waals surface area contributed by atoms with Gasteiger partial charge in [-0.15, -0.1) is 0 Å². The third kappa shape index (κ3) is 37.9. The van der Waals surface area contributed by atoms with Crippen LogP contribution in [0.15, 0.2) is 85.1 Å². The normalized spacial score (nSPS) is 13.1. The van der Waals surface area contributed by atoms with Crippen LogP contribution in [0.2, 0.25) is 0 Å². The zero-order valence-corrected chi connectivity index (χ0v) is 32.1. The maximum absolute atomic E-state index is 12.1. The quantitative estimate of drug-likeness (QED) is 0.0406. The number of carbonyl (C=O) groups is 2. The van der Waals surface area contributed by atoms with Crippen molar-refractivity contribution in [2.24, 2.45) is 0 Å². The number of unbranched alkanes of at least 4 members (excludes halogenated alkanes) is 13. The van der Waals surface area contributed by atoms with E-state index in [0.717, 1.165) is 57.8 Å². The standard InChI is InChI=1S/C45H74O5/c1-3-5-7-9-11-13-15-17-19-21-22-24-26-28-30-32-34-36-38-40-45(48)50-43(41-46)42-49-44(47)39-37-35-33-31-29-27-25-23-20-18-16-14-12-10-8-6-4-2/h5,7,11,13,17-20,22,24,28,30,34,36,43,46H,3-4,6,8-10,12,14-16,21,23,25-27,29,31-33,35,37-42H2,1-2H3/b7-5-,13-11-,19-17-,20-18-,24-22-,30-28-,36-34-/t43-/m0/s1. The van der Waals surface area contributed by atoms with Gasteiger partial charge in [0.05, 0.1) is 6.61 Å². The third-order valence-electron chi connectivity index (χ3n) is 8.19. The minimum Gasteiger partial charge on any atom is -0.462 e. The Balaban J connectivity index is 3.71. The van der Waals surface area contributed by atoms with Crippen molar-refractivity contribution in [2.75, 3.05) is 13.2 Å². The molecule has 0 unspecified atom stereocenters. The lowest BCUT2D eigenvalue weighted by Crippen LogP contribution is -2.28. The van der Waals surface area contributed by atoms with Gasteiger partial charge in [-0.05, 0) is 77.0 Å². The lowest BCUT2D eigenvalue weighted by Gasteiger charge is -2.15. The fourth-order valence-electron chi connectivity index (χ4n) is 5.16. The van der Waals surface area contributed by atoms with E-state index in [4.69, 9.17) is 9.47 Å². The van der Waals surface area contributed by atoms with Crippen LogP contribution in [0.1, 0.15) is 168 Å². The van der Waals surface area contributed by atoms with Gasteiger partial charge in [0.2, 0.25) is 0 Å². The van der Waals surface area contributed by atoms with Crippen LogP contribution in [0.3, 0.4) is 0 Å². The minimum atomic E-state index is -0.817. The summed E-state index contributed by atoms with van der Waals surface area (Å²) >= 11 is 0. The number of aliphatic hydroxyl groups excluding tert-OH is 1. The molecule has 0 aromatic heterocycles. The molecule has 0 saturated heterocycles. The Morgan fingerprint density at radius 2 is 0.900 bits per heavy atom. The van der Waals surface area contributed by atoms with E-state index in [9.17, 15) is 14.7 Å². The summed E-state index contributed by atoms with van der Waals surface area (Å²) in [5, 5.41) is 9.55. The van der Waals surface area contributed by atoms with Crippen LogP contribution in [0, 0.1) is 0 Å². The second-order valence-electron chi connectivity index (χ2n) is 13.0. The first-order valence-corrected chi connectivity index (χ1v) is 20.1. The molecule has 0 saturated carbocycles. The highest BCUT2D eigenvalue weighted by Crippen LogP contribution is 2.12. The van der Waals surface area contributed by atoms with Crippen LogP contribution >= 0.6 is 0 Å². The molecule has 0 aliphatic carbocycles. The average Bonchev–Trinajstić information content (AvgIpc) is 3.12. The summed E-state index contributed by atoms with van der Waals surface area (Å²) in [7, 11) is 0. The minimum absolute atomic E-state index is 0.103. The van der Waals surface area contributed by atoms with Gasteiger partial charge in [-0.25, -0.2) is 0 Å². The highest BCUT2D eigenvalue weighted by Gasteiger charge is 2.15. The zero-order valence-electron chi connectivity index (χ0n) is 32.1. The monoisotopic (exact) mass is 695 g/mol. The smallest absolute Gasteiger partial charge is 0.306 e. The zero-order chi connectivity index (χ0) is 36.4. The number of hydrogen-bond acceptors (Lipinski definition) is 5. The van der Waals surface area contributed by atoms with Crippen molar-refractivity contribution < 1.29 is 24.2 Å². The first kappa shape index (κ1) is 47.1. The van der Waals surface area contributed by atoms with Crippen molar-refractivity contribution in [3.05, 3.63) is 85.1 Å². The maximum atomic E-state index is 12.1.